The van der Waals surface area contributed by atoms with E-state index in [0.29, 0.717) is 11.4 Å². The lowest BCUT2D eigenvalue weighted by Crippen LogP contribution is -1.96. The van der Waals surface area contributed by atoms with E-state index in [1.165, 1.54) is 0 Å². The maximum atomic E-state index is 9.51. The van der Waals surface area contributed by atoms with Crippen molar-refractivity contribution in [1.29, 1.82) is 5.26 Å². The lowest BCUT2D eigenvalue weighted by molar-refractivity contribution is 0.925. The van der Waals surface area contributed by atoms with Crippen molar-refractivity contribution in [2.45, 2.75) is 6.92 Å². The van der Waals surface area contributed by atoms with Crippen molar-refractivity contribution in [1.82, 2.24) is 9.55 Å². The van der Waals surface area contributed by atoms with Gasteiger partial charge in [0, 0.05) is 7.05 Å². The monoisotopic (exact) mass is 273 g/mol. The molecule has 0 aliphatic rings. The maximum Gasteiger partial charge on any atom is 0.151 e. The molecule has 0 atom stereocenters. The third kappa shape index (κ3) is 2.32. The summed E-state index contributed by atoms with van der Waals surface area (Å²) in [5.41, 5.74) is 4.69. The Morgan fingerprint density at radius 1 is 1.14 bits per heavy atom. The SMILES string of the molecule is Cc1ccccc1/C=C(\C#N)c1nc2ccccc2n1C. The number of aromatic nitrogens is 2. The first-order chi connectivity index (χ1) is 10.2. The van der Waals surface area contributed by atoms with Crippen LogP contribution >= 0.6 is 0 Å². The highest BCUT2D eigenvalue weighted by molar-refractivity contribution is 5.91. The second-order valence-electron chi connectivity index (χ2n) is 5.01. The molecule has 0 aliphatic heterocycles. The number of benzene rings is 2. The Morgan fingerprint density at radius 3 is 2.57 bits per heavy atom. The predicted molar refractivity (Wildman–Crippen MR) is 85.4 cm³/mol. The number of aryl methyl sites for hydroxylation is 2. The first kappa shape index (κ1) is 13.1. The summed E-state index contributed by atoms with van der Waals surface area (Å²) in [5, 5.41) is 9.51. The molecule has 0 saturated carbocycles. The molecule has 1 heterocycles. The first-order valence-electron chi connectivity index (χ1n) is 6.80. The van der Waals surface area contributed by atoms with Gasteiger partial charge in [0.2, 0.25) is 0 Å². The maximum absolute atomic E-state index is 9.51. The highest BCUT2D eigenvalue weighted by Crippen LogP contribution is 2.22. The largest absolute Gasteiger partial charge is 0.327 e. The molecule has 1 aromatic heterocycles. The molecule has 3 nitrogen and oxygen atoms in total. The van der Waals surface area contributed by atoms with E-state index in [2.05, 4.69) is 11.1 Å². The molecule has 0 saturated heterocycles. The highest BCUT2D eigenvalue weighted by Gasteiger charge is 2.11. The van der Waals surface area contributed by atoms with Gasteiger partial charge in [0.15, 0.2) is 5.82 Å². The average Bonchev–Trinajstić information content (AvgIpc) is 2.84. The summed E-state index contributed by atoms with van der Waals surface area (Å²) >= 11 is 0. The fraction of sp³-hybridized carbons (Fsp3) is 0.111. The quantitative estimate of drug-likeness (QED) is 0.663. The zero-order valence-corrected chi connectivity index (χ0v) is 12.0. The van der Waals surface area contributed by atoms with Crippen molar-refractivity contribution in [3.05, 3.63) is 65.5 Å². The summed E-state index contributed by atoms with van der Waals surface area (Å²) < 4.78 is 1.96. The van der Waals surface area contributed by atoms with Gasteiger partial charge >= 0.3 is 0 Å². The lowest BCUT2D eigenvalue weighted by Gasteiger charge is -2.03. The number of para-hydroxylation sites is 2. The molecule has 0 fully saturated rings. The Morgan fingerprint density at radius 2 is 1.86 bits per heavy atom. The number of fused-ring (bicyclic) bond motifs is 1. The molecule has 0 spiro atoms. The number of nitriles is 1. The van der Waals surface area contributed by atoms with E-state index in [-0.39, 0.29) is 0 Å². The zero-order chi connectivity index (χ0) is 14.8. The Balaban J connectivity index is 2.18. The molecular weight excluding hydrogens is 258 g/mol. The van der Waals surface area contributed by atoms with Crippen LogP contribution in [-0.4, -0.2) is 9.55 Å². The van der Waals surface area contributed by atoms with Gasteiger partial charge < -0.3 is 4.57 Å². The van der Waals surface area contributed by atoms with Gasteiger partial charge in [0.1, 0.15) is 6.07 Å². The summed E-state index contributed by atoms with van der Waals surface area (Å²) in [6.45, 7) is 2.04. The zero-order valence-electron chi connectivity index (χ0n) is 12.0. The molecule has 102 valence electrons. The molecule has 0 radical (unpaired) electrons. The molecule has 3 aromatic rings. The van der Waals surface area contributed by atoms with Gasteiger partial charge in [0.05, 0.1) is 16.6 Å². The number of allylic oxidation sites excluding steroid dienone is 1. The van der Waals surface area contributed by atoms with Gasteiger partial charge in [-0.1, -0.05) is 36.4 Å². The first-order valence-corrected chi connectivity index (χ1v) is 6.80. The van der Waals surface area contributed by atoms with Crippen LogP contribution in [0.4, 0.5) is 0 Å². The number of hydrogen-bond donors (Lipinski definition) is 0. The molecular formula is C18H15N3. The molecule has 3 heteroatoms. The molecule has 0 bridgehead atoms. The van der Waals surface area contributed by atoms with Crippen LogP contribution in [0, 0.1) is 18.3 Å². The predicted octanol–water partition coefficient (Wildman–Crippen LogP) is 3.95. The number of hydrogen-bond acceptors (Lipinski definition) is 2. The van der Waals surface area contributed by atoms with Crippen LogP contribution in [0.3, 0.4) is 0 Å². The summed E-state index contributed by atoms with van der Waals surface area (Å²) in [4.78, 5) is 4.58. The van der Waals surface area contributed by atoms with Crippen LogP contribution in [-0.2, 0) is 7.05 Å². The van der Waals surface area contributed by atoms with Crippen LogP contribution in [0.5, 0.6) is 0 Å². The summed E-state index contributed by atoms with van der Waals surface area (Å²) in [5.74, 6) is 0.696. The molecule has 0 aliphatic carbocycles. The van der Waals surface area contributed by atoms with Crippen molar-refractivity contribution < 1.29 is 0 Å². The van der Waals surface area contributed by atoms with Gasteiger partial charge in [-0.15, -0.1) is 0 Å². The van der Waals surface area contributed by atoms with Crippen LogP contribution < -0.4 is 0 Å². The Kier molecular flexibility index (Phi) is 3.29. The minimum absolute atomic E-state index is 0.572. The third-order valence-electron chi connectivity index (χ3n) is 3.64. The van der Waals surface area contributed by atoms with E-state index >= 15 is 0 Å². The van der Waals surface area contributed by atoms with Gasteiger partial charge in [-0.25, -0.2) is 4.98 Å². The number of rotatable bonds is 2. The van der Waals surface area contributed by atoms with E-state index in [1.54, 1.807) is 0 Å². The number of imidazole rings is 1. The van der Waals surface area contributed by atoms with Crippen molar-refractivity contribution in [3.8, 4) is 6.07 Å². The minimum Gasteiger partial charge on any atom is -0.327 e. The van der Waals surface area contributed by atoms with Gasteiger partial charge in [-0.05, 0) is 36.3 Å². The van der Waals surface area contributed by atoms with Crippen molar-refractivity contribution in [3.63, 3.8) is 0 Å². The highest BCUT2D eigenvalue weighted by atomic mass is 15.1. The van der Waals surface area contributed by atoms with Gasteiger partial charge in [-0.2, -0.15) is 5.26 Å². The van der Waals surface area contributed by atoms with Crippen LogP contribution in [0.2, 0.25) is 0 Å². The second-order valence-corrected chi connectivity index (χ2v) is 5.01. The molecule has 0 N–H and O–H groups in total. The van der Waals surface area contributed by atoms with Crippen molar-refractivity contribution in [2.24, 2.45) is 7.05 Å². The molecule has 0 amide bonds. The van der Waals surface area contributed by atoms with Gasteiger partial charge in [0.25, 0.3) is 0 Å². The molecule has 3 rings (SSSR count). The molecule has 0 unspecified atom stereocenters. The van der Waals surface area contributed by atoms with E-state index < -0.39 is 0 Å². The third-order valence-corrected chi connectivity index (χ3v) is 3.64. The van der Waals surface area contributed by atoms with E-state index in [4.69, 9.17) is 0 Å². The van der Waals surface area contributed by atoms with Crippen LogP contribution in [0.1, 0.15) is 17.0 Å². The Bertz CT molecular complexity index is 879. The Labute approximate surface area is 123 Å². The standard InChI is InChI=1S/C18H15N3/c1-13-7-3-4-8-14(13)11-15(12-19)18-20-16-9-5-6-10-17(16)21(18)2/h3-11H,1-2H3/b15-11+. The number of nitrogens with zero attached hydrogens (tertiary/aromatic N) is 3. The van der Waals surface area contributed by atoms with E-state index in [0.717, 1.165) is 22.2 Å². The van der Waals surface area contributed by atoms with Crippen molar-refractivity contribution in [2.75, 3.05) is 0 Å². The van der Waals surface area contributed by atoms with E-state index in [9.17, 15) is 5.26 Å². The smallest absolute Gasteiger partial charge is 0.151 e. The summed E-state index contributed by atoms with van der Waals surface area (Å²) in [7, 11) is 1.94. The van der Waals surface area contributed by atoms with Crippen LogP contribution in [0.25, 0.3) is 22.7 Å². The molecule has 21 heavy (non-hydrogen) atoms. The fourth-order valence-corrected chi connectivity index (χ4v) is 2.44. The fourth-order valence-electron chi connectivity index (χ4n) is 2.44. The normalized spacial score (nSPS) is 11.6. The second kappa shape index (κ2) is 5.26. The lowest BCUT2D eigenvalue weighted by atomic mass is 10.1. The average molecular weight is 273 g/mol. The topological polar surface area (TPSA) is 41.6 Å². The minimum atomic E-state index is 0.572. The van der Waals surface area contributed by atoms with Crippen LogP contribution in [0.15, 0.2) is 48.5 Å². The molecule has 2 aromatic carbocycles. The Hall–Kier alpha value is -2.86. The summed E-state index contributed by atoms with van der Waals surface area (Å²) in [6.07, 6.45) is 1.90. The van der Waals surface area contributed by atoms with Gasteiger partial charge in [-0.3, -0.25) is 0 Å². The van der Waals surface area contributed by atoms with Crippen molar-refractivity contribution >= 4 is 22.7 Å². The van der Waals surface area contributed by atoms with E-state index in [1.807, 2.05) is 73.1 Å². The summed E-state index contributed by atoms with van der Waals surface area (Å²) in [6, 6.07) is 18.2.